The van der Waals surface area contributed by atoms with Crippen LogP contribution in [0.15, 0.2) is 48.4 Å². The first-order valence-electron chi connectivity index (χ1n) is 8.26. The first kappa shape index (κ1) is 16.6. The highest BCUT2D eigenvalue weighted by molar-refractivity contribution is 5.93. The van der Waals surface area contributed by atoms with Gasteiger partial charge in [-0.15, -0.1) is 0 Å². The molecule has 4 aromatic heterocycles. The molecule has 4 rings (SSSR count). The number of fused-ring (bicyclic) bond motifs is 1. The van der Waals surface area contributed by atoms with Crippen LogP contribution in [0.5, 0.6) is 0 Å². The Hall–Kier alpha value is -3.81. The number of nitrogens with zero attached hydrogens (tertiary/aromatic N) is 5. The van der Waals surface area contributed by atoms with Crippen LogP contribution in [-0.4, -0.2) is 40.9 Å². The van der Waals surface area contributed by atoms with Gasteiger partial charge in [-0.05, 0) is 44.2 Å². The molecule has 4 heterocycles. The summed E-state index contributed by atoms with van der Waals surface area (Å²) in [5.41, 5.74) is 5.41. The standard InChI is InChI=1S/C19H16N6O2/c1-11(19(26)27)8-16-13(6-7-17-20-10-22-25(16)17)14-9-21-24-18(14)15-5-3-4-12(2)23-15/h3-10H,1-2H3,(H,21,24)(H,26,27)/b11-8+. The number of aromatic nitrogens is 6. The number of aliphatic carboxylic acids is 1. The smallest absolute Gasteiger partial charge is 0.331 e. The van der Waals surface area contributed by atoms with E-state index in [0.29, 0.717) is 11.3 Å². The molecule has 0 fully saturated rings. The minimum atomic E-state index is -0.995. The third kappa shape index (κ3) is 2.97. The summed E-state index contributed by atoms with van der Waals surface area (Å²) >= 11 is 0. The highest BCUT2D eigenvalue weighted by Gasteiger charge is 2.17. The van der Waals surface area contributed by atoms with Gasteiger partial charge >= 0.3 is 5.97 Å². The fourth-order valence-corrected chi connectivity index (χ4v) is 2.91. The van der Waals surface area contributed by atoms with E-state index in [1.807, 2.05) is 37.3 Å². The zero-order valence-corrected chi connectivity index (χ0v) is 14.7. The van der Waals surface area contributed by atoms with E-state index in [0.717, 1.165) is 28.2 Å². The number of aromatic amines is 1. The third-order valence-electron chi connectivity index (χ3n) is 4.24. The maximum Gasteiger partial charge on any atom is 0.331 e. The zero-order valence-electron chi connectivity index (χ0n) is 14.7. The van der Waals surface area contributed by atoms with E-state index in [1.165, 1.54) is 6.33 Å². The molecule has 0 saturated heterocycles. The SMILES string of the molecule is C/C(=C\c1c(-c2cn[nH]c2-c2cccc(C)n2)ccc2ncnn12)C(=O)O. The average molecular weight is 360 g/mol. The van der Waals surface area contributed by atoms with Gasteiger partial charge in [-0.25, -0.2) is 14.3 Å². The van der Waals surface area contributed by atoms with E-state index >= 15 is 0 Å². The van der Waals surface area contributed by atoms with E-state index in [4.69, 9.17) is 0 Å². The van der Waals surface area contributed by atoms with Crippen molar-refractivity contribution in [3.8, 4) is 22.5 Å². The number of carboxylic acid groups (broad SMARTS) is 1. The summed E-state index contributed by atoms with van der Waals surface area (Å²) in [6, 6.07) is 9.46. The van der Waals surface area contributed by atoms with E-state index in [9.17, 15) is 9.90 Å². The Kier molecular flexibility index (Phi) is 4.00. The van der Waals surface area contributed by atoms with Crippen LogP contribution in [0.2, 0.25) is 0 Å². The van der Waals surface area contributed by atoms with Gasteiger partial charge in [0.05, 0.1) is 23.3 Å². The van der Waals surface area contributed by atoms with Crippen molar-refractivity contribution in [3.05, 3.63) is 59.8 Å². The number of nitrogens with one attached hydrogen (secondary N) is 1. The maximum absolute atomic E-state index is 11.4. The number of hydrogen-bond donors (Lipinski definition) is 2. The molecule has 0 aromatic carbocycles. The molecule has 27 heavy (non-hydrogen) atoms. The molecule has 0 atom stereocenters. The second kappa shape index (κ2) is 6.49. The van der Waals surface area contributed by atoms with Gasteiger partial charge in [-0.3, -0.25) is 10.1 Å². The first-order chi connectivity index (χ1) is 13.0. The van der Waals surface area contributed by atoms with Crippen LogP contribution >= 0.6 is 0 Å². The van der Waals surface area contributed by atoms with E-state index in [1.54, 1.807) is 23.7 Å². The van der Waals surface area contributed by atoms with Crippen molar-refractivity contribution in [3.63, 3.8) is 0 Å². The van der Waals surface area contributed by atoms with Gasteiger partial charge in [0, 0.05) is 22.4 Å². The van der Waals surface area contributed by atoms with Crippen LogP contribution < -0.4 is 0 Å². The molecule has 0 aliphatic heterocycles. The second-order valence-corrected chi connectivity index (χ2v) is 6.12. The molecule has 0 bridgehead atoms. The summed E-state index contributed by atoms with van der Waals surface area (Å²) in [5, 5.41) is 20.7. The molecule has 0 aliphatic rings. The average Bonchev–Trinajstić information content (AvgIpc) is 3.31. The van der Waals surface area contributed by atoms with Crippen molar-refractivity contribution >= 4 is 17.7 Å². The molecule has 0 radical (unpaired) electrons. The summed E-state index contributed by atoms with van der Waals surface area (Å²) in [4.78, 5) is 20.1. The van der Waals surface area contributed by atoms with Crippen LogP contribution in [0.1, 0.15) is 18.3 Å². The van der Waals surface area contributed by atoms with Crippen molar-refractivity contribution in [1.29, 1.82) is 0 Å². The van der Waals surface area contributed by atoms with Crippen LogP contribution in [0.3, 0.4) is 0 Å². The summed E-state index contributed by atoms with van der Waals surface area (Å²) in [7, 11) is 0. The Labute approximate surface area is 154 Å². The Morgan fingerprint density at radius 2 is 2.07 bits per heavy atom. The molecular weight excluding hydrogens is 344 g/mol. The Morgan fingerprint density at radius 1 is 1.22 bits per heavy atom. The van der Waals surface area contributed by atoms with Gasteiger partial charge in [-0.2, -0.15) is 10.2 Å². The topological polar surface area (TPSA) is 109 Å². The molecule has 4 aromatic rings. The van der Waals surface area contributed by atoms with Crippen LogP contribution in [-0.2, 0) is 4.79 Å². The summed E-state index contributed by atoms with van der Waals surface area (Å²) < 4.78 is 1.61. The molecule has 0 saturated carbocycles. The molecule has 0 spiro atoms. The van der Waals surface area contributed by atoms with E-state index < -0.39 is 5.97 Å². The van der Waals surface area contributed by atoms with Gasteiger partial charge < -0.3 is 5.11 Å². The van der Waals surface area contributed by atoms with Gasteiger partial charge in [0.25, 0.3) is 0 Å². The lowest BCUT2D eigenvalue weighted by Crippen LogP contribution is -2.01. The van der Waals surface area contributed by atoms with Gasteiger partial charge in [0.15, 0.2) is 5.65 Å². The van der Waals surface area contributed by atoms with Gasteiger partial charge in [0.1, 0.15) is 6.33 Å². The first-order valence-corrected chi connectivity index (χ1v) is 8.26. The zero-order chi connectivity index (χ0) is 19.0. The lowest BCUT2D eigenvalue weighted by Gasteiger charge is -2.10. The summed E-state index contributed by atoms with van der Waals surface area (Å²) in [6.07, 6.45) is 4.72. The number of carbonyl (C=O) groups is 1. The monoisotopic (exact) mass is 360 g/mol. The maximum atomic E-state index is 11.4. The molecule has 8 heteroatoms. The second-order valence-electron chi connectivity index (χ2n) is 6.12. The van der Waals surface area contributed by atoms with Crippen LogP contribution in [0, 0.1) is 6.92 Å². The minimum Gasteiger partial charge on any atom is -0.478 e. The largest absolute Gasteiger partial charge is 0.478 e. The molecule has 2 N–H and O–H groups in total. The van der Waals surface area contributed by atoms with Crippen LogP contribution in [0.4, 0.5) is 0 Å². The predicted molar refractivity (Wildman–Crippen MR) is 99.8 cm³/mol. The van der Waals surface area contributed by atoms with Crippen molar-refractivity contribution < 1.29 is 9.90 Å². The molecule has 0 unspecified atom stereocenters. The third-order valence-corrected chi connectivity index (χ3v) is 4.24. The normalized spacial score (nSPS) is 11.9. The fraction of sp³-hybridized carbons (Fsp3) is 0.105. The molecule has 0 aliphatic carbocycles. The molecular formula is C19H16N6O2. The van der Waals surface area contributed by atoms with Crippen molar-refractivity contribution in [2.24, 2.45) is 0 Å². The van der Waals surface area contributed by atoms with Gasteiger partial charge in [-0.1, -0.05) is 6.07 Å². The molecule has 134 valence electrons. The quantitative estimate of drug-likeness (QED) is 0.542. The Morgan fingerprint density at radius 3 is 2.85 bits per heavy atom. The molecule has 0 amide bonds. The summed E-state index contributed by atoms with van der Waals surface area (Å²) in [5.74, 6) is -0.995. The predicted octanol–water partition coefficient (Wildman–Crippen LogP) is 2.98. The van der Waals surface area contributed by atoms with E-state index in [-0.39, 0.29) is 5.57 Å². The van der Waals surface area contributed by atoms with Gasteiger partial charge in [0.2, 0.25) is 0 Å². The number of pyridine rings is 2. The number of hydrogen-bond acceptors (Lipinski definition) is 5. The highest BCUT2D eigenvalue weighted by Crippen LogP contribution is 2.32. The van der Waals surface area contributed by atoms with Crippen molar-refractivity contribution in [2.75, 3.05) is 0 Å². The number of aryl methyl sites for hydroxylation is 1. The van der Waals surface area contributed by atoms with E-state index in [2.05, 4.69) is 25.3 Å². The summed E-state index contributed by atoms with van der Waals surface area (Å²) in [6.45, 7) is 3.46. The number of carboxylic acids is 1. The van der Waals surface area contributed by atoms with Crippen molar-refractivity contribution in [1.82, 2.24) is 29.8 Å². The fourth-order valence-electron chi connectivity index (χ4n) is 2.91. The number of H-pyrrole nitrogens is 1. The molecule has 8 nitrogen and oxygen atoms in total. The number of rotatable bonds is 4. The minimum absolute atomic E-state index is 0.193. The lowest BCUT2D eigenvalue weighted by atomic mass is 10.0. The van der Waals surface area contributed by atoms with Crippen LogP contribution in [0.25, 0.3) is 34.2 Å². The Bertz CT molecular complexity index is 1190. The Balaban J connectivity index is 1.97. The lowest BCUT2D eigenvalue weighted by molar-refractivity contribution is -0.132. The highest BCUT2D eigenvalue weighted by atomic mass is 16.4. The van der Waals surface area contributed by atoms with Crippen molar-refractivity contribution in [2.45, 2.75) is 13.8 Å².